The van der Waals surface area contributed by atoms with Gasteiger partial charge in [0.25, 0.3) is 5.91 Å². The summed E-state index contributed by atoms with van der Waals surface area (Å²) in [6, 6.07) is 14.8. The molecule has 0 spiro atoms. The number of carbonyl (C=O) groups is 2. The number of aryl methyl sites for hydroxylation is 1. The van der Waals surface area contributed by atoms with Gasteiger partial charge in [0.2, 0.25) is 5.91 Å². The zero-order chi connectivity index (χ0) is 19.9. The summed E-state index contributed by atoms with van der Waals surface area (Å²) < 4.78 is 5.44. The van der Waals surface area contributed by atoms with Gasteiger partial charge in [0.05, 0.1) is 5.92 Å². The van der Waals surface area contributed by atoms with E-state index in [1.54, 1.807) is 17.0 Å². The van der Waals surface area contributed by atoms with Crippen molar-refractivity contribution < 1.29 is 14.3 Å². The SMILES string of the molecule is Cc1ccc(C(=O)N2CCCC(C(=O)Nc3ccc(OCCN)cc3)C2)cc1.Cl. The molecule has 1 atom stereocenters. The van der Waals surface area contributed by atoms with Gasteiger partial charge in [-0.15, -0.1) is 12.4 Å². The Balaban J connectivity index is 0.00000300. The lowest BCUT2D eigenvalue weighted by Gasteiger charge is -2.32. The largest absolute Gasteiger partial charge is 0.492 e. The van der Waals surface area contributed by atoms with Gasteiger partial charge in [0.1, 0.15) is 12.4 Å². The first-order valence-corrected chi connectivity index (χ1v) is 9.66. The van der Waals surface area contributed by atoms with E-state index in [-0.39, 0.29) is 30.1 Å². The van der Waals surface area contributed by atoms with Crippen molar-refractivity contribution in [1.29, 1.82) is 0 Å². The Morgan fingerprint density at radius 1 is 1.14 bits per heavy atom. The van der Waals surface area contributed by atoms with E-state index in [9.17, 15) is 9.59 Å². The zero-order valence-electron chi connectivity index (χ0n) is 16.6. The number of benzene rings is 2. The van der Waals surface area contributed by atoms with E-state index >= 15 is 0 Å². The highest BCUT2D eigenvalue weighted by molar-refractivity contribution is 5.96. The van der Waals surface area contributed by atoms with E-state index in [0.29, 0.717) is 37.5 Å². The molecule has 2 amide bonds. The van der Waals surface area contributed by atoms with Crippen molar-refractivity contribution in [3.8, 4) is 5.75 Å². The Morgan fingerprint density at radius 3 is 2.48 bits per heavy atom. The summed E-state index contributed by atoms with van der Waals surface area (Å²) >= 11 is 0. The molecule has 0 radical (unpaired) electrons. The lowest BCUT2D eigenvalue weighted by atomic mass is 9.96. The van der Waals surface area contributed by atoms with Gasteiger partial charge in [0.15, 0.2) is 0 Å². The summed E-state index contributed by atoms with van der Waals surface area (Å²) in [6.07, 6.45) is 1.60. The number of piperidine rings is 1. The lowest BCUT2D eigenvalue weighted by Crippen LogP contribution is -2.43. The Kier molecular flexibility index (Phi) is 8.49. The number of rotatable bonds is 6. The highest BCUT2D eigenvalue weighted by atomic mass is 35.5. The fourth-order valence-electron chi connectivity index (χ4n) is 3.31. The fraction of sp³-hybridized carbons (Fsp3) is 0.364. The monoisotopic (exact) mass is 417 g/mol. The van der Waals surface area contributed by atoms with E-state index in [4.69, 9.17) is 10.5 Å². The lowest BCUT2D eigenvalue weighted by molar-refractivity contribution is -0.121. The minimum atomic E-state index is -0.212. The smallest absolute Gasteiger partial charge is 0.253 e. The van der Waals surface area contributed by atoms with E-state index in [1.165, 1.54) is 0 Å². The second kappa shape index (κ2) is 10.8. The molecule has 3 rings (SSSR count). The van der Waals surface area contributed by atoms with Crippen LogP contribution in [0.3, 0.4) is 0 Å². The number of hydrogen-bond donors (Lipinski definition) is 2. The van der Waals surface area contributed by atoms with Gasteiger partial charge in [0, 0.05) is 30.9 Å². The maximum Gasteiger partial charge on any atom is 0.253 e. The highest BCUT2D eigenvalue weighted by Gasteiger charge is 2.29. The van der Waals surface area contributed by atoms with Gasteiger partial charge in [-0.25, -0.2) is 0 Å². The third-order valence-electron chi connectivity index (χ3n) is 4.89. The van der Waals surface area contributed by atoms with Crippen molar-refractivity contribution in [1.82, 2.24) is 4.90 Å². The molecule has 1 fully saturated rings. The normalized spacial score (nSPS) is 15.9. The number of anilines is 1. The van der Waals surface area contributed by atoms with Crippen LogP contribution in [0.15, 0.2) is 48.5 Å². The molecule has 1 aliphatic rings. The van der Waals surface area contributed by atoms with Gasteiger partial charge in [-0.05, 0) is 56.2 Å². The van der Waals surface area contributed by atoms with Crippen LogP contribution in [0.2, 0.25) is 0 Å². The average Bonchev–Trinajstić information content (AvgIpc) is 2.73. The van der Waals surface area contributed by atoms with Gasteiger partial charge < -0.3 is 20.7 Å². The van der Waals surface area contributed by atoms with Gasteiger partial charge in [-0.2, -0.15) is 0 Å². The molecule has 2 aromatic carbocycles. The van der Waals surface area contributed by atoms with Crippen LogP contribution in [0.4, 0.5) is 5.69 Å². The first-order valence-electron chi connectivity index (χ1n) is 9.66. The topological polar surface area (TPSA) is 84.7 Å². The van der Waals surface area contributed by atoms with Crippen molar-refractivity contribution in [3.05, 3.63) is 59.7 Å². The molecule has 1 aliphatic heterocycles. The Hall–Kier alpha value is -2.57. The van der Waals surface area contributed by atoms with E-state index in [0.717, 1.165) is 24.2 Å². The van der Waals surface area contributed by atoms with Crippen molar-refractivity contribution in [2.24, 2.45) is 11.7 Å². The van der Waals surface area contributed by atoms with Crippen LogP contribution >= 0.6 is 12.4 Å². The maximum atomic E-state index is 12.7. The number of nitrogens with zero attached hydrogens (tertiary/aromatic N) is 1. The predicted molar refractivity (Wildman–Crippen MR) is 117 cm³/mol. The van der Waals surface area contributed by atoms with E-state index < -0.39 is 0 Å². The van der Waals surface area contributed by atoms with Crippen molar-refractivity contribution in [3.63, 3.8) is 0 Å². The van der Waals surface area contributed by atoms with Crippen LogP contribution in [0.1, 0.15) is 28.8 Å². The van der Waals surface area contributed by atoms with E-state index in [1.807, 2.05) is 43.3 Å². The molecular formula is C22H28ClN3O3. The first kappa shape index (κ1) is 22.7. The molecule has 29 heavy (non-hydrogen) atoms. The van der Waals surface area contributed by atoms with Crippen LogP contribution in [-0.2, 0) is 4.79 Å². The van der Waals surface area contributed by atoms with Gasteiger partial charge in [-0.3, -0.25) is 9.59 Å². The molecule has 1 heterocycles. The summed E-state index contributed by atoms with van der Waals surface area (Å²) in [5, 5.41) is 2.94. The Morgan fingerprint density at radius 2 is 1.83 bits per heavy atom. The summed E-state index contributed by atoms with van der Waals surface area (Å²) in [6.45, 7) is 4.03. The summed E-state index contributed by atoms with van der Waals surface area (Å²) in [5.41, 5.74) is 7.92. The standard InChI is InChI=1S/C22H27N3O3.ClH/c1-16-4-6-17(7-5-16)22(27)25-13-2-3-18(15-25)21(26)24-19-8-10-20(11-9-19)28-14-12-23;/h4-11,18H,2-3,12-15,23H2,1H3,(H,24,26);1H. The first-order chi connectivity index (χ1) is 13.6. The number of likely N-dealkylation sites (tertiary alicyclic amines) is 1. The molecule has 0 aliphatic carbocycles. The quantitative estimate of drug-likeness (QED) is 0.755. The molecule has 0 saturated carbocycles. The number of carbonyl (C=O) groups excluding carboxylic acids is 2. The summed E-state index contributed by atoms with van der Waals surface area (Å²) in [4.78, 5) is 27.2. The molecule has 1 saturated heterocycles. The molecule has 156 valence electrons. The average molecular weight is 418 g/mol. The summed E-state index contributed by atoms with van der Waals surface area (Å²) in [5.74, 6) is 0.434. The Bertz CT molecular complexity index is 809. The summed E-state index contributed by atoms with van der Waals surface area (Å²) in [7, 11) is 0. The number of amides is 2. The number of nitrogens with two attached hydrogens (primary N) is 1. The molecule has 7 heteroatoms. The van der Waals surface area contributed by atoms with Crippen LogP contribution in [0.5, 0.6) is 5.75 Å². The number of halogens is 1. The minimum absolute atomic E-state index is 0. The number of ether oxygens (including phenoxy) is 1. The predicted octanol–water partition coefficient (Wildman–Crippen LogP) is 3.25. The van der Waals surface area contributed by atoms with Crippen LogP contribution in [-0.4, -0.2) is 43.0 Å². The molecule has 3 N–H and O–H groups in total. The van der Waals surface area contributed by atoms with Crippen LogP contribution in [0.25, 0.3) is 0 Å². The van der Waals surface area contributed by atoms with E-state index in [2.05, 4.69) is 5.32 Å². The molecule has 0 aromatic heterocycles. The maximum absolute atomic E-state index is 12.7. The minimum Gasteiger partial charge on any atom is -0.492 e. The molecule has 2 aromatic rings. The van der Waals surface area contributed by atoms with Crippen LogP contribution in [0, 0.1) is 12.8 Å². The second-order valence-corrected chi connectivity index (χ2v) is 7.11. The molecular weight excluding hydrogens is 390 g/mol. The third kappa shape index (κ3) is 6.21. The number of nitrogens with one attached hydrogen (secondary N) is 1. The van der Waals surface area contributed by atoms with Crippen LogP contribution < -0.4 is 15.8 Å². The molecule has 0 bridgehead atoms. The van der Waals surface area contributed by atoms with Crippen molar-refractivity contribution in [2.75, 3.05) is 31.6 Å². The zero-order valence-corrected chi connectivity index (χ0v) is 17.4. The third-order valence-corrected chi connectivity index (χ3v) is 4.89. The van der Waals surface area contributed by atoms with Gasteiger partial charge in [-0.1, -0.05) is 17.7 Å². The van der Waals surface area contributed by atoms with Gasteiger partial charge >= 0.3 is 0 Å². The van der Waals surface area contributed by atoms with Crippen molar-refractivity contribution in [2.45, 2.75) is 19.8 Å². The van der Waals surface area contributed by atoms with Crippen molar-refractivity contribution >= 4 is 29.9 Å². The number of hydrogen-bond acceptors (Lipinski definition) is 4. The Labute approximate surface area is 177 Å². The fourth-order valence-corrected chi connectivity index (χ4v) is 3.31. The molecule has 6 nitrogen and oxygen atoms in total. The second-order valence-electron chi connectivity index (χ2n) is 7.11. The molecule has 1 unspecified atom stereocenters. The highest BCUT2D eigenvalue weighted by Crippen LogP contribution is 2.22.